The van der Waals surface area contributed by atoms with Crippen LogP contribution >= 0.6 is 11.6 Å². The molecule has 0 fully saturated rings. The number of alkyl halides is 3. The number of nitrogens with one attached hydrogen (secondary N) is 1. The van der Waals surface area contributed by atoms with Crippen molar-refractivity contribution in [2.75, 3.05) is 5.32 Å². The molecule has 0 aliphatic heterocycles. The van der Waals surface area contributed by atoms with Gasteiger partial charge in [-0.25, -0.2) is 4.98 Å². The lowest BCUT2D eigenvalue weighted by Gasteiger charge is -2.22. The minimum Gasteiger partial charge on any atom is -0.325 e. The Morgan fingerprint density at radius 2 is 2.07 bits per heavy atom. The second-order valence-corrected chi connectivity index (χ2v) is 6.96. The third-order valence-electron chi connectivity index (χ3n) is 4.80. The number of amides is 1. The van der Waals surface area contributed by atoms with Gasteiger partial charge in [0, 0.05) is 24.2 Å². The third-order valence-corrected chi connectivity index (χ3v) is 5.13. The smallest absolute Gasteiger partial charge is 0.325 e. The Labute approximate surface area is 158 Å². The largest absolute Gasteiger partial charge is 0.416 e. The number of imidazole rings is 1. The summed E-state index contributed by atoms with van der Waals surface area (Å²) < 4.78 is 40.7. The minimum absolute atomic E-state index is 0.0274. The second kappa shape index (κ2) is 6.56. The molecule has 0 spiro atoms. The van der Waals surface area contributed by atoms with Crippen LogP contribution in [0.1, 0.15) is 23.4 Å². The predicted molar refractivity (Wildman–Crippen MR) is 95.8 cm³/mol. The molecule has 1 aliphatic rings. The van der Waals surface area contributed by atoms with Crippen LogP contribution in [-0.2, 0) is 23.8 Å². The maximum atomic E-state index is 12.9. The molecule has 0 radical (unpaired) electrons. The van der Waals surface area contributed by atoms with E-state index >= 15 is 0 Å². The number of aryl methyl sites for hydroxylation is 1. The lowest BCUT2D eigenvalue weighted by Crippen LogP contribution is -2.28. The summed E-state index contributed by atoms with van der Waals surface area (Å²) in [6.07, 6.45) is -0.904. The van der Waals surface area contributed by atoms with Crippen molar-refractivity contribution in [3.63, 3.8) is 0 Å². The number of anilines is 1. The number of carbonyl (C=O) groups excluding carboxylic acids is 1. The van der Waals surface area contributed by atoms with Crippen LogP contribution in [0.2, 0.25) is 5.02 Å². The van der Waals surface area contributed by atoms with E-state index in [1.165, 1.54) is 0 Å². The van der Waals surface area contributed by atoms with Gasteiger partial charge in [-0.3, -0.25) is 4.79 Å². The monoisotopic (exact) mass is 393 g/mol. The fraction of sp³-hybridized carbons (Fsp3) is 0.263. The zero-order chi connectivity index (χ0) is 19.2. The van der Waals surface area contributed by atoms with E-state index < -0.39 is 11.7 Å². The van der Waals surface area contributed by atoms with Gasteiger partial charge >= 0.3 is 6.18 Å². The first-order valence-electron chi connectivity index (χ1n) is 8.45. The molecule has 27 heavy (non-hydrogen) atoms. The van der Waals surface area contributed by atoms with Gasteiger partial charge in [0.05, 0.1) is 22.0 Å². The van der Waals surface area contributed by atoms with Crippen LogP contribution in [0.5, 0.6) is 0 Å². The van der Waals surface area contributed by atoms with Crippen molar-refractivity contribution in [1.82, 2.24) is 9.38 Å². The standard InChI is InChI=1S/C19H15ClF3N3O/c20-13-6-5-12(19(21,22)23)10-15(13)25-18(27)11-4-7-14-16(9-11)26-8-2-1-3-17(26)24-14/h1-3,5-6,8,10-11H,4,7,9H2,(H,25,27). The molecular formula is C19H15ClF3N3O. The number of benzene rings is 1. The highest BCUT2D eigenvalue weighted by Crippen LogP contribution is 2.34. The van der Waals surface area contributed by atoms with Crippen molar-refractivity contribution >= 4 is 28.8 Å². The molecule has 1 aliphatic carbocycles. The maximum Gasteiger partial charge on any atom is 0.416 e. The fourth-order valence-corrected chi connectivity index (χ4v) is 3.58. The quantitative estimate of drug-likeness (QED) is 0.683. The molecule has 140 valence electrons. The summed E-state index contributed by atoms with van der Waals surface area (Å²) >= 11 is 5.97. The van der Waals surface area contributed by atoms with Crippen LogP contribution in [0.3, 0.4) is 0 Å². The number of halogens is 4. The molecule has 4 nitrogen and oxygen atoms in total. The van der Waals surface area contributed by atoms with Crippen molar-refractivity contribution in [2.45, 2.75) is 25.4 Å². The van der Waals surface area contributed by atoms with E-state index in [1.54, 1.807) is 0 Å². The highest BCUT2D eigenvalue weighted by atomic mass is 35.5. The van der Waals surface area contributed by atoms with E-state index in [4.69, 9.17) is 11.6 Å². The summed E-state index contributed by atoms with van der Waals surface area (Å²) in [7, 11) is 0. The maximum absolute atomic E-state index is 12.9. The van der Waals surface area contributed by atoms with Crippen molar-refractivity contribution in [1.29, 1.82) is 0 Å². The molecule has 1 atom stereocenters. The van der Waals surface area contributed by atoms with Crippen LogP contribution in [0.4, 0.5) is 18.9 Å². The number of hydrogen-bond acceptors (Lipinski definition) is 2. The molecule has 8 heteroatoms. The van der Waals surface area contributed by atoms with Gasteiger partial charge in [0.15, 0.2) is 0 Å². The summed E-state index contributed by atoms with van der Waals surface area (Å²) in [6.45, 7) is 0. The Hall–Kier alpha value is -2.54. The molecule has 1 N–H and O–H groups in total. The first-order chi connectivity index (χ1) is 12.8. The molecule has 1 amide bonds. The Bertz CT molecular complexity index is 1030. The van der Waals surface area contributed by atoms with E-state index in [9.17, 15) is 18.0 Å². The van der Waals surface area contributed by atoms with Crippen molar-refractivity contribution in [3.8, 4) is 0 Å². The number of pyridine rings is 1. The summed E-state index contributed by atoms with van der Waals surface area (Å²) in [5.41, 5.74) is 1.87. The summed E-state index contributed by atoms with van der Waals surface area (Å²) in [5, 5.41) is 2.63. The zero-order valence-corrected chi connectivity index (χ0v) is 14.8. The van der Waals surface area contributed by atoms with Crippen LogP contribution in [-0.4, -0.2) is 15.3 Å². The Morgan fingerprint density at radius 3 is 2.85 bits per heavy atom. The first kappa shape index (κ1) is 17.9. The minimum atomic E-state index is -4.50. The first-order valence-corrected chi connectivity index (χ1v) is 8.83. The van der Waals surface area contributed by atoms with Crippen LogP contribution in [0.25, 0.3) is 5.65 Å². The van der Waals surface area contributed by atoms with Gasteiger partial charge in [-0.15, -0.1) is 0 Å². The highest BCUT2D eigenvalue weighted by molar-refractivity contribution is 6.33. The lowest BCUT2D eigenvalue weighted by atomic mass is 9.89. The highest BCUT2D eigenvalue weighted by Gasteiger charge is 2.32. The van der Waals surface area contributed by atoms with Gasteiger partial charge in [0.2, 0.25) is 5.91 Å². The normalized spacial score (nSPS) is 17.0. The van der Waals surface area contributed by atoms with Gasteiger partial charge in [-0.1, -0.05) is 17.7 Å². The summed E-state index contributed by atoms with van der Waals surface area (Å²) in [6, 6.07) is 8.58. The molecule has 4 rings (SSSR count). The summed E-state index contributed by atoms with van der Waals surface area (Å²) in [5.74, 6) is -0.698. The molecule has 1 aromatic carbocycles. The van der Waals surface area contributed by atoms with Crippen molar-refractivity contribution < 1.29 is 18.0 Å². The van der Waals surface area contributed by atoms with E-state index in [-0.39, 0.29) is 22.5 Å². The van der Waals surface area contributed by atoms with Gasteiger partial charge in [-0.2, -0.15) is 13.2 Å². The Balaban J connectivity index is 1.56. The number of carbonyl (C=O) groups is 1. The van der Waals surface area contributed by atoms with E-state index in [0.29, 0.717) is 19.3 Å². The van der Waals surface area contributed by atoms with Gasteiger partial charge in [-0.05, 0) is 43.2 Å². The fourth-order valence-electron chi connectivity index (χ4n) is 3.41. The average molecular weight is 394 g/mol. The number of fused-ring (bicyclic) bond motifs is 3. The number of hydrogen-bond donors (Lipinski definition) is 1. The number of aromatic nitrogens is 2. The predicted octanol–water partition coefficient (Wildman–Crippen LogP) is 4.75. The summed E-state index contributed by atoms with van der Waals surface area (Å²) in [4.78, 5) is 17.2. The van der Waals surface area contributed by atoms with E-state index in [0.717, 1.165) is 35.2 Å². The molecule has 0 saturated heterocycles. The topological polar surface area (TPSA) is 46.4 Å². The zero-order valence-electron chi connectivity index (χ0n) is 14.1. The van der Waals surface area contributed by atoms with Crippen molar-refractivity contribution in [3.05, 3.63) is 64.6 Å². The Kier molecular flexibility index (Phi) is 4.34. The number of rotatable bonds is 2. The van der Waals surface area contributed by atoms with E-state index in [1.807, 2.05) is 28.8 Å². The van der Waals surface area contributed by atoms with Gasteiger partial charge in [0.1, 0.15) is 5.65 Å². The van der Waals surface area contributed by atoms with Gasteiger partial charge in [0.25, 0.3) is 0 Å². The second-order valence-electron chi connectivity index (χ2n) is 6.56. The molecular weight excluding hydrogens is 379 g/mol. The Morgan fingerprint density at radius 1 is 1.26 bits per heavy atom. The van der Waals surface area contributed by atoms with E-state index in [2.05, 4.69) is 10.3 Å². The molecule has 1 unspecified atom stereocenters. The molecule has 0 bridgehead atoms. The lowest BCUT2D eigenvalue weighted by molar-refractivity contribution is -0.137. The molecule has 2 heterocycles. The average Bonchev–Trinajstić information content (AvgIpc) is 3.00. The molecule has 2 aromatic heterocycles. The third kappa shape index (κ3) is 3.39. The van der Waals surface area contributed by atoms with Crippen LogP contribution in [0, 0.1) is 5.92 Å². The number of nitrogens with zero attached hydrogens (tertiary/aromatic N) is 2. The van der Waals surface area contributed by atoms with Gasteiger partial charge < -0.3 is 9.72 Å². The molecule has 0 saturated carbocycles. The van der Waals surface area contributed by atoms with Crippen molar-refractivity contribution in [2.24, 2.45) is 5.92 Å². The van der Waals surface area contributed by atoms with Crippen LogP contribution < -0.4 is 5.32 Å². The molecule has 3 aromatic rings. The van der Waals surface area contributed by atoms with Crippen LogP contribution in [0.15, 0.2) is 42.6 Å². The SMILES string of the molecule is O=C(Nc1cc(C(F)(F)F)ccc1Cl)C1CCc2nc3ccccn3c2C1.